The smallest absolute Gasteiger partial charge is 0.289 e. The molecule has 0 radical (unpaired) electrons. The average molecular weight is 698 g/mol. The van der Waals surface area contributed by atoms with Gasteiger partial charge in [0.25, 0.3) is 5.91 Å². The van der Waals surface area contributed by atoms with Crippen LogP contribution in [0, 0.1) is 18.3 Å². The summed E-state index contributed by atoms with van der Waals surface area (Å²) in [7, 11) is 0. The highest BCUT2D eigenvalue weighted by Gasteiger charge is 2.54. The van der Waals surface area contributed by atoms with Gasteiger partial charge in [-0.2, -0.15) is 0 Å². The molecule has 0 unspecified atom stereocenters. The fourth-order valence-corrected chi connectivity index (χ4v) is 7.50. The number of hydroxylamine groups is 1. The summed E-state index contributed by atoms with van der Waals surface area (Å²) in [5.74, 6) is -2.26. The summed E-state index contributed by atoms with van der Waals surface area (Å²) in [6.45, 7) is 9.50. The first-order chi connectivity index (χ1) is 23.2. The van der Waals surface area contributed by atoms with Gasteiger partial charge < -0.3 is 20.9 Å². The number of aryl methyl sites for hydroxylation is 1. The van der Waals surface area contributed by atoms with Crippen molar-refractivity contribution in [2.45, 2.75) is 135 Å². The van der Waals surface area contributed by atoms with Crippen molar-refractivity contribution in [3.63, 3.8) is 0 Å². The largest absolute Gasteiger partial charge is 0.347 e. The highest BCUT2D eigenvalue weighted by Crippen LogP contribution is 2.39. The lowest BCUT2D eigenvalue weighted by Gasteiger charge is -2.36. The van der Waals surface area contributed by atoms with Crippen LogP contribution in [0.2, 0.25) is 5.02 Å². The van der Waals surface area contributed by atoms with Crippen LogP contribution in [-0.2, 0) is 28.8 Å². The van der Waals surface area contributed by atoms with E-state index < -0.39 is 52.6 Å². The Morgan fingerprint density at radius 2 is 1.76 bits per heavy atom. The molecule has 0 bridgehead atoms. The van der Waals surface area contributed by atoms with Gasteiger partial charge in [-0.3, -0.25) is 34.3 Å². The minimum Gasteiger partial charge on any atom is -0.347 e. The second-order valence-corrected chi connectivity index (χ2v) is 16.0. The van der Waals surface area contributed by atoms with Gasteiger partial charge in [0.2, 0.25) is 23.5 Å². The van der Waals surface area contributed by atoms with E-state index in [0.717, 1.165) is 49.7 Å². The van der Waals surface area contributed by atoms with Gasteiger partial charge in [-0.15, -0.1) is 0 Å². The number of nitrogens with zero attached hydrogens (tertiary/aromatic N) is 1. The molecule has 4 aliphatic rings. The fourth-order valence-electron chi connectivity index (χ4n) is 7.21. The Kier molecular flexibility index (Phi) is 11.4. The van der Waals surface area contributed by atoms with E-state index in [1.54, 1.807) is 0 Å². The van der Waals surface area contributed by atoms with Gasteiger partial charge in [0.05, 0.1) is 18.3 Å². The van der Waals surface area contributed by atoms with Crippen molar-refractivity contribution in [1.82, 2.24) is 26.3 Å². The Morgan fingerprint density at radius 1 is 1.04 bits per heavy atom. The van der Waals surface area contributed by atoms with Gasteiger partial charge in [-0.25, -0.2) is 0 Å². The van der Waals surface area contributed by atoms with Crippen LogP contribution < -0.4 is 21.4 Å². The highest BCUT2D eigenvalue weighted by molar-refractivity contribution is 6.38. The van der Waals surface area contributed by atoms with Crippen LogP contribution in [0.4, 0.5) is 0 Å². The van der Waals surface area contributed by atoms with Gasteiger partial charge in [-0.1, -0.05) is 65.0 Å². The van der Waals surface area contributed by atoms with Crippen LogP contribution in [-0.4, -0.2) is 70.6 Å². The van der Waals surface area contributed by atoms with Crippen molar-refractivity contribution < 1.29 is 28.8 Å². The molecule has 4 atom stereocenters. The minimum atomic E-state index is -1.08. The van der Waals surface area contributed by atoms with Crippen molar-refractivity contribution >= 4 is 46.7 Å². The molecule has 2 heterocycles. The molecule has 1 spiro atoms. The summed E-state index contributed by atoms with van der Waals surface area (Å²) in [4.78, 5) is 75.6. The number of hydrogen-bond donors (Lipinski definition) is 4. The number of benzene rings is 1. The van der Waals surface area contributed by atoms with E-state index in [4.69, 9.17) is 16.4 Å². The first-order valence-corrected chi connectivity index (χ1v) is 18.2. The van der Waals surface area contributed by atoms with Crippen LogP contribution in [0.15, 0.2) is 24.3 Å². The molecule has 2 aliphatic heterocycles. The third kappa shape index (κ3) is 9.22. The highest BCUT2D eigenvalue weighted by atomic mass is 35.5. The quantitative estimate of drug-likeness (QED) is 0.236. The topological polar surface area (TPSA) is 146 Å². The number of rotatable bonds is 12. The number of likely N-dealkylation sites (tertiary alicyclic amines) is 1. The van der Waals surface area contributed by atoms with Crippen LogP contribution in [0.3, 0.4) is 0 Å². The lowest BCUT2D eigenvalue weighted by molar-refractivity contribution is -0.145. The molecule has 12 heteroatoms. The predicted octanol–water partition coefficient (Wildman–Crippen LogP) is 4.50. The molecular formula is C37H52ClN5O6. The third-order valence-electron chi connectivity index (χ3n) is 10.0. The summed E-state index contributed by atoms with van der Waals surface area (Å²) in [6.07, 6.45) is 10.2. The molecule has 49 heavy (non-hydrogen) atoms. The maximum absolute atomic E-state index is 14.6. The van der Waals surface area contributed by atoms with E-state index in [1.807, 2.05) is 58.9 Å². The Hall–Kier alpha value is -3.44. The zero-order valence-corrected chi connectivity index (χ0v) is 30.2. The normalized spacial score (nSPS) is 23.8. The van der Waals surface area contributed by atoms with Crippen LogP contribution in [0.5, 0.6) is 0 Å². The molecule has 1 aromatic rings. The minimum absolute atomic E-state index is 0.00355. The van der Waals surface area contributed by atoms with Crippen molar-refractivity contribution in [3.05, 3.63) is 40.4 Å². The number of nitrogens with one attached hydrogen (secondary N) is 4. The molecule has 1 aromatic carbocycles. The Labute approximate surface area is 294 Å². The molecule has 0 aromatic heterocycles. The summed E-state index contributed by atoms with van der Waals surface area (Å²) in [5.41, 5.74) is 3.65. The third-order valence-corrected chi connectivity index (χ3v) is 10.2. The zero-order valence-electron chi connectivity index (χ0n) is 29.5. The molecule has 268 valence electrons. The van der Waals surface area contributed by atoms with E-state index in [0.29, 0.717) is 29.5 Å². The van der Waals surface area contributed by atoms with E-state index in [9.17, 15) is 24.0 Å². The fraction of sp³-hybridized carbons (Fsp3) is 0.649. The number of amides is 4. The number of halogens is 1. The van der Waals surface area contributed by atoms with Gasteiger partial charge >= 0.3 is 0 Å². The number of Topliss-reactive ketones (excluding diaryl/α,β-unsaturated/α-hetero) is 1. The predicted molar refractivity (Wildman–Crippen MR) is 187 cm³/mol. The molecule has 4 N–H and O–H groups in total. The average Bonchev–Trinajstić information content (AvgIpc) is 3.63. The van der Waals surface area contributed by atoms with Gasteiger partial charge in [0.1, 0.15) is 17.7 Å². The van der Waals surface area contributed by atoms with Crippen molar-refractivity contribution in [3.8, 4) is 0 Å². The number of carbonyl (C=O) groups is 5. The maximum atomic E-state index is 14.6. The first-order valence-electron chi connectivity index (χ1n) is 17.9. The number of hydrogen-bond acceptors (Lipinski definition) is 7. The second kappa shape index (κ2) is 15.2. The molecule has 2 aliphatic carbocycles. The molecule has 2 saturated carbocycles. The number of ketones is 1. The maximum Gasteiger partial charge on any atom is 0.289 e. The van der Waals surface area contributed by atoms with Crippen LogP contribution >= 0.6 is 11.6 Å². The van der Waals surface area contributed by atoms with Crippen molar-refractivity contribution in [1.29, 1.82) is 0 Å². The monoisotopic (exact) mass is 697 g/mol. The van der Waals surface area contributed by atoms with Gasteiger partial charge in [0, 0.05) is 29.5 Å². The molecule has 3 fully saturated rings. The van der Waals surface area contributed by atoms with E-state index in [1.165, 1.54) is 11.3 Å². The molecule has 4 amide bonds. The van der Waals surface area contributed by atoms with Crippen LogP contribution in [0.1, 0.15) is 109 Å². The molecule has 11 nitrogen and oxygen atoms in total. The molecule has 1 saturated heterocycles. The summed E-state index contributed by atoms with van der Waals surface area (Å²) in [6, 6.07) is 2.62. The SMILES string of the molecule is CCC[C@H](NC(=O)[C@@H]1C[C@]2(C=C(c3cc(C)cc(Cl)c3)NO2)CN1C(=O)[C@@H](NC(=O)CC1CCCCC1)C(C)(C)C)C(=O)C(=O)NC1CC1. The van der Waals surface area contributed by atoms with Crippen LogP contribution in [0.25, 0.3) is 5.70 Å². The van der Waals surface area contributed by atoms with Crippen molar-refractivity contribution in [2.75, 3.05) is 6.54 Å². The number of carbonyl (C=O) groups excluding carboxylic acids is 5. The summed E-state index contributed by atoms with van der Waals surface area (Å²) in [5, 5.41) is 9.12. The van der Waals surface area contributed by atoms with Gasteiger partial charge in [-0.05, 0) is 80.2 Å². The van der Waals surface area contributed by atoms with E-state index in [-0.39, 0.29) is 31.3 Å². The first kappa shape index (κ1) is 36.8. The Balaban J connectivity index is 1.42. The summed E-state index contributed by atoms with van der Waals surface area (Å²) < 4.78 is 0. The summed E-state index contributed by atoms with van der Waals surface area (Å²) >= 11 is 6.35. The second-order valence-electron chi connectivity index (χ2n) is 15.6. The zero-order chi connectivity index (χ0) is 35.5. The molecular weight excluding hydrogens is 646 g/mol. The Bertz CT molecular complexity index is 1460. The lowest BCUT2D eigenvalue weighted by Crippen LogP contribution is -2.59. The Morgan fingerprint density at radius 3 is 2.39 bits per heavy atom. The lowest BCUT2D eigenvalue weighted by atomic mass is 9.84. The molecule has 5 rings (SSSR count). The van der Waals surface area contributed by atoms with Crippen molar-refractivity contribution in [2.24, 2.45) is 11.3 Å². The van der Waals surface area contributed by atoms with E-state index >= 15 is 0 Å². The van der Waals surface area contributed by atoms with Gasteiger partial charge in [0.15, 0.2) is 0 Å². The van der Waals surface area contributed by atoms with E-state index in [2.05, 4.69) is 21.4 Å². The standard InChI is InChI=1S/C37H52ClN5O6/c1-6-10-27(31(45)34(47)39-26-13-14-26)40-33(46)29-20-37(19-28(42-49-37)24-15-22(2)16-25(38)18-24)21-43(29)35(48)32(36(3,4)5)41-30(44)17-23-11-8-7-9-12-23/h15-16,18-19,23,26-27,29,32,42H,6-14,17,20-21H2,1-5H3,(H,39,47)(H,40,46)(H,41,44)/t27-,29-,32+,37+/m0/s1.